The molecule has 0 heterocycles. The SMILES string of the molecule is CC(CNC(=O)[C@@H](N)Cc1ccccc1)S(C)=O. The van der Waals surface area contributed by atoms with Crippen LogP contribution in [-0.2, 0) is 22.0 Å². The third-order valence-corrected chi connectivity index (χ3v) is 4.07. The van der Waals surface area contributed by atoms with E-state index in [1.807, 2.05) is 37.3 Å². The second kappa shape index (κ2) is 7.28. The van der Waals surface area contributed by atoms with Crippen molar-refractivity contribution >= 4 is 16.7 Å². The van der Waals surface area contributed by atoms with Crippen molar-refractivity contribution in [3.05, 3.63) is 35.9 Å². The molecule has 0 bridgehead atoms. The van der Waals surface area contributed by atoms with Gasteiger partial charge in [0.05, 0.1) is 6.04 Å². The molecule has 1 rings (SSSR count). The highest BCUT2D eigenvalue weighted by molar-refractivity contribution is 7.84. The van der Waals surface area contributed by atoms with Gasteiger partial charge in [-0.3, -0.25) is 9.00 Å². The Morgan fingerprint density at radius 1 is 1.39 bits per heavy atom. The van der Waals surface area contributed by atoms with Crippen LogP contribution in [0, 0.1) is 0 Å². The van der Waals surface area contributed by atoms with Gasteiger partial charge >= 0.3 is 0 Å². The molecular formula is C13H20N2O2S. The Morgan fingerprint density at radius 3 is 2.56 bits per heavy atom. The van der Waals surface area contributed by atoms with Gasteiger partial charge in [0, 0.05) is 28.9 Å². The van der Waals surface area contributed by atoms with E-state index < -0.39 is 16.8 Å². The molecule has 3 atom stereocenters. The maximum Gasteiger partial charge on any atom is 0.237 e. The molecule has 0 radical (unpaired) electrons. The molecule has 0 aliphatic carbocycles. The molecule has 0 spiro atoms. The highest BCUT2D eigenvalue weighted by atomic mass is 32.2. The number of carbonyl (C=O) groups excluding carboxylic acids is 1. The molecule has 0 aromatic heterocycles. The van der Waals surface area contributed by atoms with Crippen LogP contribution in [0.4, 0.5) is 0 Å². The monoisotopic (exact) mass is 268 g/mol. The number of nitrogens with one attached hydrogen (secondary N) is 1. The van der Waals surface area contributed by atoms with E-state index in [0.717, 1.165) is 5.56 Å². The van der Waals surface area contributed by atoms with Gasteiger partial charge < -0.3 is 11.1 Å². The standard InChI is InChI=1S/C13H20N2O2S/c1-10(18(2)17)9-15-13(16)12(14)8-11-6-4-3-5-7-11/h3-7,10,12H,8-9,14H2,1-2H3,(H,15,16)/t10?,12-,18?/m0/s1. The topological polar surface area (TPSA) is 72.2 Å². The summed E-state index contributed by atoms with van der Waals surface area (Å²) >= 11 is 0. The number of nitrogens with two attached hydrogens (primary N) is 1. The van der Waals surface area contributed by atoms with Gasteiger partial charge in [0.2, 0.25) is 5.91 Å². The minimum absolute atomic E-state index is 0.0575. The summed E-state index contributed by atoms with van der Waals surface area (Å²) in [5.74, 6) is -0.198. The minimum atomic E-state index is -0.933. The maximum atomic E-state index is 11.7. The lowest BCUT2D eigenvalue weighted by Gasteiger charge is -2.14. The molecule has 100 valence electrons. The number of hydrogen-bond acceptors (Lipinski definition) is 3. The van der Waals surface area contributed by atoms with Crippen molar-refractivity contribution in [1.29, 1.82) is 0 Å². The molecule has 0 aliphatic rings. The van der Waals surface area contributed by atoms with Crippen LogP contribution in [0.5, 0.6) is 0 Å². The largest absolute Gasteiger partial charge is 0.354 e. The zero-order chi connectivity index (χ0) is 13.5. The third-order valence-electron chi connectivity index (χ3n) is 2.77. The number of benzene rings is 1. The molecule has 3 N–H and O–H groups in total. The van der Waals surface area contributed by atoms with E-state index in [1.54, 1.807) is 6.26 Å². The van der Waals surface area contributed by atoms with Crippen molar-refractivity contribution in [2.24, 2.45) is 5.73 Å². The molecule has 1 aromatic rings. The Balaban J connectivity index is 2.40. The van der Waals surface area contributed by atoms with Gasteiger partial charge in [0.25, 0.3) is 0 Å². The van der Waals surface area contributed by atoms with Gasteiger partial charge in [0.1, 0.15) is 0 Å². The van der Waals surface area contributed by atoms with Crippen molar-refractivity contribution in [3.8, 4) is 0 Å². The van der Waals surface area contributed by atoms with Gasteiger partial charge in [0.15, 0.2) is 0 Å². The first-order chi connectivity index (χ1) is 8.50. The van der Waals surface area contributed by atoms with E-state index in [1.165, 1.54) is 0 Å². The predicted octanol–water partition coefficient (Wildman–Crippen LogP) is 0.440. The number of rotatable bonds is 6. The second-order valence-corrected chi connectivity index (χ2v) is 6.15. The molecule has 1 aromatic carbocycles. The highest BCUT2D eigenvalue weighted by Crippen LogP contribution is 2.02. The van der Waals surface area contributed by atoms with E-state index in [9.17, 15) is 9.00 Å². The lowest BCUT2D eigenvalue weighted by molar-refractivity contribution is -0.122. The number of carbonyl (C=O) groups is 1. The number of amides is 1. The van der Waals surface area contributed by atoms with E-state index in [2.05, 4.69) is 5.32 Å². The molecule has 18 heavy (non-hydrogen) atoms. The van der Waals surface area contributed by atoms with Gasteiger partial charge in [-0.15, -0.1) is 0 Å². The average Bonchev–Trinajstić information content (AvgIpc) is 2.36. The molecular weight excluding hydrogens is 248 g/mol. The van der Waals surface area contributed by atoms with Crippen LogP contribution < -0.4 is 11.1 Å². The molecule has 0 fully saturated rings. The lowest BCUT2D eigenvalue weighted by atomic mass is 10.1. The first-order valence-electron chi connectivity index (χ1n) is 5.90. The van der Waals surface area contributed by atoms with Crippen molar-refractivity contribution in [2.45, 2.75) is 24.6 Å². The van der Waals surface area contributed by atoms with Crippen molar-refractivity contribution < 1.29 is 9.00 Å². The van der Waals surface area contributed by atoms with E-state index in [-0.39, 0.29) is 11.2 Å². The van der Waals surface area contributed by atoms with E-state index in [0.29, 0.717) is 13.0 Å². The van der Waals surface area contributed by atoms with Crippen molar-refractivity contribution in [2.75, 3.05) is 12.8 Å². The summed E-state index contributed by atoms with van der Waals surface area (Å²) in [5, 5.41) is 2.67. The average molecular weight is 268 g/mol. The minimum Gasteiger partial charge on any atom is -0.354 e. The third kappa shape index (κ3) is 4.98. The molecule has 5 heteroatoms. The second-order valence-electron chi connectivity index (χ2n) is 4.35. The lowest BCUT2D eigenvalue weighted by Crippen LogP contribution is -2.44. The fraction of sp³-hybridized carbons (Fsp3) is 0.462. The van der Waals surface area contributed by atoms with E-state index in [4.69, 9.17) is 5.73 Å². The predicted molar refractivity (Wildman–Crippen MR) is 74.7 cm³/mol. The van der Waals surface area contributed by atoms with Crippen LogP contribution in [0.3, 0.4) is 0 Å². The molecule has 1 amide bonds. The summed E-state index contributed by atoms with van der Waals surface area (Å²) in [5.41, 5.74) is 6.86. The van der Waals surface area contributed by atoms with Crippen LogP contribution in [0.25, 0.3) is 0 Å². The fourth-order valence-corrected chi connectivity index (χ4v) is 1.77. The smallest absolute Gasteiger partial charge is 0.237 e. The Kier molecular flexibility index (Phi) is 6.01. The summed E-state index contributed by atoms with van der Waals surface area (Å²) in [7, 11) is -0.933. The summed E-state index contributed by atoms with van der Waals surface area (Å²) in [4.78, 5) is 11.7. The summed E-state index contributed by atoms with van der Waals surface area (Å²) in [6.07, 6.45) is 2.14. The zero-order valence-corrected chi connectivity index (χ0v) is 11.6. The molecule has 0 aliphatic heterocycles. The van der Waals surface area contributed by atoms with Crippen LogP contribution in [0.1, 0.15) is 12.5 Å². The van der Waals surface area contributed by atoms with Crippen molar-refractivity contribution in [1.82, 2.24) is 5.32 Å². The normalized spacial score (nSPS) is 15.7. The highest BCUT2D eigenvalue weighted by Gasteiger charge is 2.15. The zero-order valence-electron chi connectivity index (χ0n) is 10.8. The number of hydrogen-bond donors (Lipinski definition) is 2. The Labute approximate surface area is 110 Å². The summed E-state index contributed by atoms with van der Waals surface area (Å²) in [6, 6.07) is 9.08. The van der Waals surface area contributed by atoms with Crippen LogP contribution in [0.2, 0.25) is 0 Å². The Bertz CT molecular complexity index is 409. The maximum absolute atomic E-state index is 11.7. The van der Waals surface area contributed by atoms with Crippen LogP contribution in [0.15, 0.2) is 30.3 Å². The molecule has 0 saturated heterocycles. The van der Waals surface area contributed by atoms with Crippen LogP contribution >= 0.6 is 0 Å². The molecule has 4 nitrogen and oxygen atoms in total. The van der Waals surface area contributed by atoms with Gasteiger partial charge in [-0.1, -0.05) is 30.3 Å². The molecule has 0 saturated carbocycles. The summed E-state index contributed by atoms with van der Waals surface area (Å²) < 4.78 is 11.1. The Morgan fingerprint density at radius 2 is 2.00 bits per heavy atom. The molecule has 2 unspecified atom stereocenters. The van der Waals surface area contributed by atoms with E-state index >= 15 is 0 Å². The van der Waals surface area contributed by atoms with Crippen LogP contribution in [-0.4, -0.2) is 34.2 Å². The summed E-state index contributed by atoms with van der Waals surface area (Å²) in [6.45, 7) is 2.23. The first kappa shape index (κ1) is 14.9. The van der Waals surface area contributed by atoms with Gasteiger partial charge in [-0.25, -0.2) is 0 Å². The Hall–Kier alpha value is -1.20. The van der Waals surface area contributed by atoms with Gasteiger partial charge in [-0.05, 0) is 18.9 Å². The quantitative estimate of drug-likeness (QED) is 0.786. The van der Waals surface area contributed by atoms with Gasteiger partial charge in [-0.2, -0.15) is 0 Å². The fourth-order valence-electron chi connectivity index (χ4n) is 1.45. The first-order valence-corrected chi connectivity index (χ1v) is 7.52. The van der Waals surface area contributed by atoms with Crippen molar-refractivity contribution in [3.63, 3.8) is 0 Å².